The van der Waals surface area contributed by atoms with E-state index in [1.807, 2.05) is 0 Å². The van der Waals surface area contributed by atoms with Gasteiger partial charge in [0.1, 0.15) is 6.61 Å². The Labute approximate surface area is 360 Å². The Kier molecular flexibility index (Phi) is 44.6. The number of esters is 1. The number of hydrogen-bond acceptors (Lipinski definition) is 15. The maximum atomic E-state index is 11.9. The standard InChI is InChI=1S/C45H80O15/c1-2-3-4-5-6-7-8-9-10-11-15-18-48-19-20-49-21-22-50-23-24-51-25-26-52-27-28-53-29-30-54-31-32-55-33-34-56-35-36-57-37-38-58-39-40-59-41-42-60-45(47)44(46)43-16-13-12-14-17-43/h12-14,16-17H,2-11,15,18-42H2,1H3. The van der Waals surface area contributed by atoms with Gasteiger partial charge in [-0.05, 0) is 6.42 Å². The molecule has 0 saturated carbocycles. The number of Topliss-reactive ketones (excluding diaryl/α,β-unsaturated/α-hetero) is 1. The Morgan fingerprint density at radius 2 is 0.567 bits per heavy atom. The fourth-order valence-corrected chi connectivity index (χ4v) is 5.36. The van der Waals surface area contributed by atoms with Gasteiger partial charge in [0.2, 0.25) is 0 Å². The predicted octanol–water partition coefficient (Wildman–Crippen LogP) is 5.92. The first-order valence-electron chi connectivity index (χ1n) is 22.4. The quantitative estimate of drug-likeness (QED) is 0.0329. The van der Waals surface area contributed by atoms with Crippen LogP contribution < -0.4 is 0 Å². The molecule has 0 fully saturated rings. The Hall–Kier alpha value is -2.12. The largest absolute Gasteiger partial charge is 0.457 e. The summed E-state index contributed by atoms with van der Waals surface area (Å²) in [5.74, 6) is -1.57. The number of hydrogen-bond donors (Lipinski definition) is 0. The minimum Gasteiger partial charge on any atom is -0.457 e. The lowest BCUT2D eigenvalue weighted by molar-refractivity contribution is -0.139. The third-order valence-corrected chi connectivity index (χ3v) is 8.67. The lowest BCUT2D eigenvalue weighted by Crippen LogP contribution is -2.20. The molecule has 1 aromatic rings. The molecule has 0 saturated heterocycles. The van der Waals surface area contributed by atoms with Crippen molar-refractivity contribution in [2.24, 2.45) is 0 Å². The number of ketones is 1. The highest BCUT2D eigenvalue weighted by Gasteiger charge is 2.17. The summed E-state index contributed by atoms with van der Waals surface area (Å²) in [7, 11) is 0. The topological polar surface area (TPSA) is 154 Å². The number of ether oxygens (including phenoxy) is 13. The van der Waals surface area contributed by atoms with Crippen molar-refractivity contribution in [1.29, 1.82) is 0 Å². The first-order chi connectivity index (χ1) is 29.8. The highest BCUT2D eigenvalue weighted by molar-refractivity contribution is 6.40. The van der Waals surface area contributed by atoms with Crippen molar-refractivity contribution in [2.75, 3.05) is 165 Å². The first kappa shape index (κ1) is 55.9. The smallest absolute Gasteiger partial charge is 0.379 e. The lowest BCUT2D eigenvalue weighted by Gasteiger charge is -2.09. The number of carbonyl (C=O) groups excluding carboxylic acids is 2. The second-order valence-corrected chi connectivity index (χ2v) is 13.7. The molecule has 0 heterocycles. The van der Waals surface area contributed by atoms with Crippen LogP contribution in [-0.4, -0.2) is 177 Å². The van der Waals surface area contributed by atoms with Gasteiger partial charge in [0.15, 0.2) is 0 Å². The van der Waals surface area contributed by atoms with Crippen molar-refractivity contribution in [3.8, 4) is 0 Å². The van der Waals surface area contributed by atoms with Crippen molar-refractivity contribution >= 4 is 11.8 Å². The SMILES string of the molecule is CCCCCCCCCCCCCOCCOCCOCCOCCOCCOCCOCCOCCOCCOCCOCCOCCOC(=O)C(=O)c1ccccc1. The summed E-state index contributed by atoms with van der Waals surface area (Å²) in [5.41, 5.74) is 0.296. The Morgan fingerprint density at radius 3 is 0.867 bits per heavy atom. The van der Waals surface area contributed by atoms with E-state index in [2.05, 4.69) is 6.92 Å². The summed E-state index contributed by atoms with van der Waals surface area (Å²) in [6.07, 6.45) is 14.8. The van der Waals surface area contributed by atoms with Crippen LogP contribution in [0.2, 0.25) is 0 Å². The molecule has 0 aliphatic rings. The first-order valence-corrected chi connectivity index (χ1v) is 22.4. The summed E-state index contributed by atoms with van der Waals surface area (Å²) < 4.78 is 70.9. The minimum absolute atomic E-state index is 0.00333. The van der Waals surface area contributed by atoms with Gasteiger partial charge in [-0.15, -0.1) is 0 Å². The van der Waals surface area contributed by atoms with Gasteiger partial charge in [-0.2, -0.15) is 0 Å². The van der Waals surface area contributed by atoms with E-state index in [0.29, 0.717) is 151 Å². The fourth-order valence-electron chi connectivity index (χ4n) is 5.36. The van der Waals surface area contributed by atoms with Gasteiger partial charge in [0, 0.05) is 12.2 Å². The van der Waals surface area contributed by atoms with Crippen LogP contribution in [0.5, 0.6) is 0 Å². The van der Waals surface area contributed by atoms with Crippen LogP contribution in [0, 0.1) is 0 Å². The molecule has 0 N–H and O–H groups in total. The fraction of sp³-hybridized carbons (Fsp3) is 0.822. The highest BCUT2D eigenvalue weighted by Crippen LogP contribution is 2.11. The molecule has 15 heteroatoms. The molecule has 0 aromatic heterocycles. The molecular weight excluding hydrogens is 780 g/mol. The molecule has 15 nitrogen and oxygen atoms in total. The maximum Gasteiger partial charge on any atom is 0.379 e. The van der Waals surface area contributed by atoms with Crippen LogP contribution in [0.15, 0.2) is 30.3 Å². The molecule has 1 rings (SSSR count). The summed E-state index contributed by atoms with van der Waals surface area (Å²) >= 11 is 0. The molecule has 1 aromatic carbocycles. The third-order valence-electron chi connectivity index (χ3n) is 8.67. The van der Waals surface area contributed by atoms with Gasteiger partial charge in [0.05, 0.1) is 152 Å². The van der Waals surface area contributed by atoms with Crippen LogP contribution in [0.1, 0.15) is 87.9 Å². The van der Waals surface area contributed by atoms with Gasteiger partial charge < -0.3 is 61.6 Å². The van der Waals surface area contributed by atoms with Crippen LogP contribution in [-0.2, 0) is 66.4 Å². The van der Waals surface area contributed by atoms with E-state index in [4.69, 9.17) is 61.6 Å². The summed E-state index contributed by atoms with van der Waals surface area (Å²) in [5, 5.41) is 0. The lowest BCUT2D eigenvalue weighted by atomic mass is 10.1. The molecule has 0 atom stereocenters. The minimum atomic E-state index is -0.897. The average Bonchev–Trinajstić information content (AvgIpc) is 3.27. The molecule has 350 valence electrons. The van der Waals surface area contributed by atoms with E-state index in [-0.39, 0.29) is 13.2 Å². The molecule has 0 amide bonds. The van der Waals surface area contributed by atoms with Gasteiger partial charge in [-0.3, -0.25) is 4.79 Å². The van der Waals surface area contributed by atoms with E-state index in [9.17, 15) is 9.59 Å². The Balaban J connectivity index is 1.62. The molecule has 0 unspecified atom stereocenters. The molecular formula is C45H80O15. The third kappa shape index (κ3) is 41.2. The zero-order valence-corrected chi connectivity index (χ0v) is 37.0. The summed E-state index contributed by atoms with van der Waals surface area (Å²) in [4.78, 5) is 23.7. The second kappa shape index (κ2) is 47.9. The monoisotopic (exact) mass is 861 g/mol. The van der Waals surface area contributed by atoms with Gasteiger partial charge in [0.25, 0.3) is 5.78 Å². The zero-order valence-electron chi connectivity index (χ0n) is 37.0. The molecule has 0 bridgehead atoms. The second-order valence-electron chi connectivity index (χ2n) is 13.7. The van der Waals surface area contributed by atoms with Crippen molar-refractivity contribution < 1.29 is 71.2 Å². The Morgan fingerprint density at radius 1 is 0.317 bits per heavy atom. The van der Waals surface area contributed by atoms with E-state index >= 15 is 0 Å². The van der Waals surface area contributed by atoms with E-state index in [0.717, 1.165) is 13.0 Å². The molecule has 60 heavy (non-hydrogen) atoms. The normalized spacial score (nSPS) is 11.4. The molecule has 0 aliphatic heterocycles. The van der Waals surface area contributed by atoms with Crippen LogP contribution in [0.4, 0.5) is 0 Å². The van der Waals surface area contributed by atoms with E-state index < -0.39 is 11.8 Å². The van der Waals surface area contributed by atoms with E-state index in [1.54, 1.807) is 30.3 Å². The molecule has 0 radical (unpaired) electrons. The van der Waals surface area contributed by atoms with Gasteiger partial charge in [-0.25, -0.2) is 4.79 Å². The highest BCUT2D eigenvalue weighted by atomic mass is 16.6. The average molecular weight is 861 g/mol. The van der Waals surface area contributed by atoms with Crippen molar-refractivity contribution in [1.82, 2.24) is 0 Å². The molecule has 0 spiro atoms. The van der Waals surface area contributed by atoms with Crippen molar-refractivity contribution in [2.45, 2.75) is 77.6 Å². The van der Waals surface area contributed by atoms with Crippen molar-refractivity contribution in [3.63, 3.8) is 0 Å². The van der Waals surface area contributed by atoms with Gasteiger partial charge in [-0.1, -0.05) is 101 Å². The zero-order chi connectivity index (χ0) is 42.9. The number of rotatable bonds is 50. The summed E-state index contributed by atoms with van der Waals surface area (Å²) in [6.45, 7) is 14.1. The van der Waals surface area contributed by atoms with Crippen molar-refractivity contribution in [3.05, 3.63) is 35.9 Å². The molecule has 0 aliphatic carbocycles. The van der Waals surface area contributed by atoms with Crippen LogP contribution >= 0.6 is 0 Å². The predicted molar refractivity (Wildman–Crippen MR) is 228 cm³/mol. The summed E-state index contributed by atoms with van der Waals surface area (Å²) in [6, 6.07) is 8.27. The van der Waals surface area contributed by atoms with Crippen LogP contribution in [0.25, 0.3) is 0 Å². The number of benzene rings is 1. The van der Waals surface area contributed by atoms with Crippen LogP contribution in [0.3, 0.4) is 0 Å². The van der Waals surface area contributed by atoms with E-state index in [1.165, 1.54) is 64.2 Å². The maximum absolute atomic E-state index is 11.9. The Bertz CT molecular complexity index is 1020. The number of unbranched alkanes of at least 4 members (excludes halogenated alkanes) is 10. The number of carbonyl (C=O) groups is 2. The van der Waals surface area contributed by atoms with Gasteiger partial charge >= 0.3 is 5.97 Å².